The Balaban J connectivity index is 1.55. The zero-order valence-corrected chi connectivity index (χ0v) is 16.4. The number of nitrogens with zero attached hydrogens (tertiary/aromatic N) is 3. The van der Waals surface area contributed by atoms with Crippen molar-refractivity contribution in [3.63, 3.8) is 0 Å². The molecule has 2 aromatic rings. The van der Waals surface area contributed by atoms with Gasteiger partial charge in [0.15, 0.2) is 0 Å². The molecule has 0 radical (unpaired) electrons. The Hall–Kier alpha value is -2.40. The van der Waals surface area contributed by atoms with Crippen LogP contribution >= 0.6 is 0 Å². The Morgan fingerprint density at radius 3 is 2.52 bits per heavy atom. The van der Waals surface area contributed by atoms with E-state index in [2.05, 4.69) is 38.3 Å². The Kier molecular flexibility index (Phi) is 6.82. The number of hydrogen-bond acceptors (Lipinski definition) is 4. The molecule has 1 unspecified atom stereocenters. The van der Waals surface area contributed by atoms with Crippen LogP contribution in [0.4, 0.5) is 11.4 Å². The molecule has 0 bridgehead atoms. The van der Waals surface area contributed by atoms with Gasteiger partial charge in [0.1, 0.15) is 0 Å². The quantitative estimate of drug-likeness (QED) is 0.816. The highest BCUT2D eigenvalue weighted by atomic mass is 16.1. The Bertz CT molecular complexity index is 726. The molecular formula is C22H30N4O. The number of hydrogen-bond donors (Lipinski definition) is 1. The molecule has 1 fully saturated rings. The Morgan fingerprint density at radius 1 is 1.11 bits per heavy atom. The second-order valence-electron chi connectivity index (χ2n) is 7.25. The highest BCUT2D eigenvalue weighted by Crippen LogP contribution is 2.27. The maximum atomic E-state index is 12.3. The van der Waals surface area contributed by atoms with Gasteiger partial charge in [0.25, 0.3) is 0 Å². The van der Waals surface area contributed by atoms with Crippen molar-refractivity contribution in [3.05, 3.63) is 54.4 Å². The lowest BCUT2D eigenvalue weighted by Crippen LogP contribution is -2.47. The molecule has 1 N–H and O–H groups in total. The van der Waals surface area contributed by atoms with E-state index in [4.69, 9.17) is 0 Å². The summed E-state index contributed by atoms with van der Waals surface area (Å²) in [7, 11) is 0. The van der Waals surface area contributed by atoms with E-state index in [1.807, 2.05) is 44.4 Å². The molecule has 1 aliphatic rings. The van der Waals surface area contributed by atoms with Gasteiger partial charge in [0, 0.05) is 51.0 Å². The lowest BCUT2D eigenvalue weighted by atomic mass is 10.1. The fraction of sp³-hybridized carbons (Fsp3) is 0.455. The largest absolute Gasteiger partial charge is 0.367 e. The molecule has 1 amide bonds. The third-order valence-electron chi connectivity index (χ3n) is 5.40. The summed E-state index contributed by atoms with van der Waals surface area (Å²) < 4.78 is 0. The maximum absolute atomic E-state index is 12.3. The summed E-state index contributed by atoms with van der Waals surface area (Å²) in [5.74, 6) is 0.129. The number of piperazine rings is 1. The average molecular weight is 367 g/mol. The molecule has 1 aromatic carbocycles. The number of anilines is 2. The maximum Gasteiger partial charge on any atom is 0.227 e. The van der Waals surface area contributed by atoms with Crippen LogP contribution in [0.1, 0.15) is 25.8 Å². The van der Waals surface area contributed by atoms with Gasteiger partial charge >= 0.3 is 0 Å². The summed E-state index contributed by atoms with van der Waals surface area (Å²) in [6, 6.07) is 12.3. The fourth-order valence-corrected chi connectivity index (χ4v) is 3.35. The summed E-state index contributed by atoms with van der Waals surface area (Å²) in [6.45, 7) is 9.13. The van der Waals surface area contributed by atoms with E-state index in [-0.39, 0.29) is 11.8 Å². The third kappa shape index (κ3) is 5.30. The van der Waals surface area contributed by atoms with Gasteiger partial charge in [-0.25, -0.2) is 0 Å². The minimum absolute atomic E-state index is 0.0306. The van der Waals surface area contributed by atoms with Gasteiger partial charge in [-0.2, -0.15) is 0 Å². The zero-order chi connectivity index (χ0) is 19.1. The predicted octanol–water partition coefficient (Wildman–Crippen LogP) is 3.43. The second-order valence-corrected chi connectivity index (χ2v) is 7.25. The number of benzene rings is 1. The van der Waals surface area contributed by atoms with E-state index in [1.165, 1.54) is 5.56 Å². The highest BCUT2D eigenvalue weighted by Gasteiger charge is 2.20. The molecule has 1 saturated heterocycles. The molecule has 5 nitrogen and oxygen atoms in total. The number of aromatic nitrogens is 1. The second kappa shape index (κ2) is 9.51. The number of carbonyl (C=O) groups is 1. The first-order valence-corrected chi connectivity index (χ1v) is 9.93. The summed E-state index contributed by atoms with van der Waals surface area (Å²) in [4.78, 5) is 21.3. The molecule has 1 aliphatic heterocycles. The highest BCUT2D eigenvalue weighted by molar-refractivity contribution is 5.95. The normalized spacial score (nSPS) is 16.1. The van der Waals surface area contributed by atoms with E-state index >= 15 is 0 Å². The topological polar surface area (TPSA) is 48.5 Å². The van der Waals surface area contributed by atoms with Crippen LogP contribution in [0.5, 0.6) is 0 Å². The first-order chi connectivity index (χ1) is 13.2. The van der Waals surface area contributed by atoms with Gasteiger partial charge in [0.2, 0.25) is 5.91 Å². The molecule has 5 heteroatoms. The Morgan fingerprint density at radius 2 is 1.81 bits per heavy atom. The molecule has 3 rings (SSSR count). The fourth-order valence-electron chi connectivity index (χ4n) is 3.35. The van der Waals surface area contributed by atoms with Crippen molar-refractivity contribution in [1.29, 1.82) is 0 Å². The van der Waals surface area contributed by atoms with Crippen LogP contribution < -0.4 is 10.2 Å². The van der Waals surface area contributed by atoms with Crippen molar-refractivity contribution < 1.29 is 4.79 Å². The zero-order valence-electron chi connectivity index (χ0n) is 16.4. The number of nitrogens with one attached hydrogen (secondary N) is 1. The first kappa shape index (κ1) is 19.4. The van der Waals surface area contributed by atoms with Crippen LogP contribution in [-0.2, 0) is 11.2 Å². The Labute approximate surface area is 162 Å². The van der Waals surface area contributed by atoms with Crippen LogP contribution in [-0.4, -0.2) is 48.5 Å². The molecule has 0 aliphatic carbocycles. The smallest absolute Gasteiger partial charge is 0.227 e. The summed E-state index contributed by atoms with van der Waals surface area (Å²) >= 11 is 0. The molecule has 144 valence electrons. The van der Waals surface area contributed by atoms with Gasteiger partial charge in [-0.05, 0) is 42.7 Å². The van der Waals surface area contributed by atoms with Gasteiger partial charge in [-0.3, -0.25) is 14.7 Å². The lowest BCUT2D eigenvalue weighted by Gasteiger charge is -2.37. The van der Waals surface area contributed by atoms with Gasteiger partial charge in [-0.1, -0.05) is 26.0 Å². The number of rotatable bonds is 7. The van der Waals surface area contributed by atoms with Crippen LogP contribution in [0.25, 0.3) is 0 Å². The van der Waals surface area contributed by atoms with Crippen molar-refractivity contribution in [2.24, 2.45) is 5.92 Å². The average Bonchev–Trinajstić information content (AvgIpc) is 2.73. The van der Waals surface area contributed by atoms with E-state index < -0.39 is 0 Å². The standard InChI is InChI=1S/C22H30N4O/c1-3-18(2)22(27)24-20-6-4-5-7-21(20)26-16-14-25(15-17-26)13-10-19-8-11-23-12-9-19/h4-9,11-12,18H,3,10,13-17H2,1-2H3,(H,24,27). The molecule has 0 spiro atoms. The van der Waals surface area contributed by atoms with Crippen molar-refractivity contribution >= 4 is 17.3 Å². The van der Waals surface area contributed by atoms with E-state index in [0.717, 1.165) is 56.9 Å². The van der Waals surface area contributed by atoms with E-state index in [0.29, 0.717) is 0 Å². The van der Waals surface area contributed by atoms with Crippen LogP contribution in [0.3, 0.4) is 0 Å². The van der Waals surface area contributed by atoms with Crippen LogP contribution in [0, 0.1) is 5.92 Å². The molecule has 27 heavy (non-hydrogen) atoms. The number of carbonyl (C=O) groups excluding carboxylic acids is 1. The van der Waals surface area contributed by atoms with Crippen molar-refractivity contribution in [2.75, 3.05) is 42.9 Å². The minimum atomic E-state index is 0.0306. The summed E-state index contributed by atoms with van der Waals surface area (Å²) in [5, 5.41) is 3.12. The molecular weight excluding hydrogens is 336 g/mol. The van der Waals surface area contributed by atoms with Crippen molar-refractivity contribution in [3.8, 4) is 0 Å². The number of amides is 1. The van der Waals surface area contributed by atoms with Gasteiger partial charge < -0.3 is 10.2 Å². The molecule has 1 aromatic heterocycles. The third-order valence-corrected chi connectivity index (χ3v) is 5.40. The SMILES string of the molecule is CCC(C)C(=O)Nc1ccccc1N1CCN(CCc2ccncc2)CC1. The number of pyridine rings is 1. The molecule has 2 heterocycles. The monoisotopic (exact) mass is 366 g/mol. The molecule has 0 saturated carbocycles. The van der Waals surface area contributed by atoms with Crippen LogP contribution in [0.15, 0.2) is 48.8 Å². The molecule has 1 atom stereocenters. The van der Waals surface area contributed by atoms with Gasteiger partial charge in [-0.15, -0.1) is 0 Å². The lowest BCUT2D eigenvalue weighted by molar-refractivity contribution is -0.119. The van der Waals surface area contributed by atoms with Crippen LogP contribution in [0.2, 0.25) is 0 Å². The summed E-state index contributed by atoms with van der Waals surface area (Å²) in [6.07, 6.45) is 5.63. The number of para-hydroxylation sites is 2. The minimum Gasteiger partial charge on any atom is -0.367 e. The predicted molar refractivity (Wildman–Crippen MR) is 111 cm³/mol. The van der Waals surface area contributed by atoms with Crippen molar-refractivity contribution in [2.45, 2.75) is 26.7 Å². The van der Waals surface area contributed by atoms with Crippen molar-refractivity contribution in [1.82, 2.24) is 9.88 Å². The van der Waals surface area contributed by atoms with E-state index in [1.54, 1.807) is 0 Å². The van der Waals surface area contributed by atoms with E-state index in [9.17, 15) is 4.79 Å². The van der Waals surface area contributed by atoms with Gasteiger partial charge in [0.05, 0.1) is 11.4 Å². The first-order valence-electron chi connectivity index (χ1n) is 9.93. The summed E-state index contributed by atoms with van der Waals surface area (Å²) in [5.41, 5.74) is 3.39.